The Bertz CT molecular complexity index is 2340. The highest BCUT2D eigenvalue weighted by atomic mass is 16.4. The molecule has 6 rings (SSSR count). The van der Waals surface area contributed by atoms with Gasteiger partial charge in [-0.15, -0.1) is 0 Å². The van der Waals surface area contributed by atoms with Gasteiger partial charge in [-0.25, -0.2) is 9.97 Å². The summed E-state index contributed by atoms with van der Waals surface area (Å²) in [5.74, 6) is 2.35. The molecule has 0 bridgehead atoms. The first-order chi connectivity index (χ1) is 31.7. The lowest BCUT2D eigenvalue weighted by atomic mass is 9.74. The summed E-state index contributed by atoms with van der Waals surface area (Å²) < 4.78 is 5.75. The summed E-state index contributed by atoms with van der Waals surface area (Å²) in [4.78, 5) is 70.0. The highest BCUT2D eigenvalue weighted by Gasteiger charge is 2.49. The number of carbonyl (C=O) groups is 4. The van der Waals surface area contributed by atoms with Gasteiger partial charge >= 0.3 is 0 Å². The number of allylic oxidation sites excluding steroid dienone is 2. The van der Waals surface area contributed by atoms with Gasteiger partial charge in [0.1, 0.15) is 5.82 Å². The fraction of sp³-hybridized carbons (Fsp3) is 0.632. The fourth-order valence-corrected chi connectivity index (χ4v) is 9.16. The molecule has 3 aromatic rings. The number of imide groups is 1. The van der Waals surface area contributed by atoms with Crippen LogP contribution in [0.15, 0.2) is 70.3 Å². The minimum Gasteiger partial charge on any atom is -0.502 e. The third-order valence-electron chi connectivity index (χ3n) is 11.6. The molecule has 0 saturated carbocycles. The predicted octanol–water partition coefficient (Wildman–Crippen LogP) is 12.1. The molecule has 2 aromatic heterocycles. The zero-order valence-electron chi connectivity index (χ0n) is 46.6. The number of nitrogens with zero attached hydrogens (tertiary/aromatic N) is 3. The van der Waals surface area contributed by atoms with Crippen LogP contribution in [0.1, 0.15) is 187 Å². The zero-order valence-corrected chi connectivity index (χ0v) is 46.6. The second-order valence-corrected chi connectivity index (χ2v) is 25.9. The van der Waals surface area contributed by atoms with Crippen molar-refractivity contribution in [3.05, 3.63) is 88.8 Å². The molecule has 3 atom stereocenters. The summed E-state index contributed by atoms with van der Waals surface area (Å²) in [6.45, 7) is 47.1. The van der Waals surface area contributed by atoms with Crippen LogP contribution in [0, 0.1) is 45.3 Å². The molecule has 13 heteroatoms. The van der Waals surface area contributed by atoms with Crippen LogP contribution in [0.3, 0.4) is 0 Å². The van der Waals surface area contributed by atoms with Gasteiger partial charge in [-0.1, -0.05) is 161 Å². The number of hydrogen-bond acceptors (Lipinski definition) is 9. The van der Waals surface area contributed by atoms with Crippen molar-refractivity contribution in [3.8, 4) is 17.1 Å². The van der Waals surface area contributed by atoms with Crippen molar-refractivity contribution in [2.45, 2.75) is 188 Å². The molecule has 1 aromatic carbocycles. The van der Waals surface area contributed by atoms with Crippen molar-refractivity contribution in [2.24, 2.45) is 38.4 Å². The monoisotopic (exact) mass is 971 g/mol. The van der Waals surface area contributed by atoms with Gasteiger partial charge < -0.3 is 25.1 Å². The van der Waals surface area contributed by atoms with E-state index in [4.69, 9.17) is 4.42 Å². The Morgan fingerprint density at radius 3 is 1.76 bits per heavy atom. The summed E-state index contributed by atoms with van der Waals surface area (Å²) in [5, 5.41) is 15.0. The zero-order chi connectivity index (χ0) is 54.0. The maximum Gasteiger partial charge on any atom is 0.293 e. The average Bonchev–Trinajstić information content (AvgIpc) is 3.90. The van der Waals surface area contributed by atoms with Crippen LogP contribution in [-0.4, -0.2) is 55.1 Å². The van der Waals surface area contributed by atoms with E-state index in [0.29, 0.717) is 29.9 Å². The molecule has 3 fully saturated rings. The molecule has 3 saturated heterocycles. The van der Waals surface area contributed by atoms with Gasteiger partial charge in [0.15, 0.2) is 11.7 Å². The van der Waals surface area contributed by atoms with Crippen LogP contribution in [-0.2, 0) is 31.0 Å². The second kappa shape index (κ2) is 23.7. The molecular weight excluding hydrogens is 881 g/mol. The molecule has 3 unspecified atom stereocenters. The van der Waals surface area contributed by atoms with Crippen molar-refractivity contribution >= 4 is 23.6 Å². The van der Waals surface area contributed by atoms with E-state index in [-0.39, 0.29) is 62.4 Å². The Morgan fingerprint density at radius 2 is 1.33 bits per heavy atom. The lowest BCUT2D eigenvalue weighted by Crippen LogP contribution is -2.35. The molecule has 0 spiro atoms. The smallest absolute Gasteiger partial charge is 0.293 e. The third kappa shape index (κ3) is 20.2. The van der Waals surface area contributed by atoms with Crippen LogP contribution in [0.5, 0.6) is 5.75 Å². The van der Waals surface area contributed by atoms with Crippen molar-refractivity contribution in [1.82, 2.24) is 30.5 Å². The van der Waals surface area contributed by atoms with Crippen LogP contribution >= 0.6 is 0 Å². The average molecular weight is 971 g/mol. The van der Waals surface area contributed by atoms with E-state index in [2.05, 4.69) is 122 Å². The predicted molar refractivity (Wildman–Crippen MR) is 282 cm³/mol. The quantitative estimate of drug-likeness (QED) is 0.167. The summed E-state index contributed by atoms with van der Waals surface area (Å²) in [6.07, 6.45) is 8.38. The van der Waals surface area contributed by atoms with E-state index in [1.807, 2.05) is 78.1 Å². The molecule has 4 amide bonds. The number of oxazole rings is 1. The van der Waals surface area contributed by atoms with Crippen molar-refractivity contribution < 1.29 is 28.7 Å². The topological polar surface area (TPSA) is 188 Å². The number of H-pyrrole nitrogens is 1. The van der Waals surface area contributed by atoms with Gasteiger partial charge in [-0.05, 0) is 67.6 Å². The van der Waals surface area contributed by atoms with Gasteiger partial charge in [0.2, 0.25) is 29.4 Å². The third-order valence-corrected chi connectivity index (χ3v) is 11.6. The lowest BCUT2D eigenvalue weighted by molar-refractivity contribution is -0.141. The fourth-order valence-electron chi connectivity index (χ4n) is 9.16. The van der Waals surface area contributed by atoms with Crippen LogP contribution in [0.25, 0.3) is 11.3 Å². The van der Waals surface area contributed by atoms with Crippen LogP contribution in [0.2, 0.25) is 0 Å². The number of aromatic nitrogens is 3. The standard InChI is InChI=1S/C15H19NO.C12H21NO2.C11H19NO.C10H17NO.C9H14N2O2/c1-15(2,3)10-9-14-16-11-13(17-14)12-7-5-4-6-8-12;1-6-13-9(14)7-12(5,10(13)15)8-11(2,3)4;1-8-6-11(5,9(13)12-8)7-10(2,3)4;1-7-5-8(9(12)11-7)6-10(2,3)4;1-5-10-7(9(2,3)4)6(12)8(13)11-5/h4-8,11H,9-10H2,1-3H3;6-8H2,1-5H3;1,6-7H2,2-5H3,(H,12,13);8H,1,5-6H2,2-4H3,(H,11,12);12H,1-4H3,(H,10,11,13). The van der Waals surface area contributed by atoms with E-state index < -0.39 is 11.0 Å². The van der Waals surface area contributed by atoms with E-state index in [1.54, 1.807) is 6.92 Å². The Hall–Kier alpha value is -5.33. The number of likely N-dealkylation sites (tertiary alicyclic amines) is 1. The number of hydrogen-bond donors (Lipinski definition) is 4. The van der Waals surface area contributed by atoms with Crippen molar-refractivity contribution in [2.75, 3.05) is 6.54 Å². The summed E-state index contributed by atoms with van der Waals surface area (Å²) in [6, 6.07) is 10.1. The maximum absolute atomic E-state index is 12.1. The lowest BCUT2D eigenvalue weighted by Gasteiger charge is -2.29. The minimum absolute atomic E-state index is 0.00456. The van der Waals surface area contributed by atoms with Gasteiger partial charge in [-0.2, -0.15) is 0 Å². The molecule has 0 radical (unpaired) electrons. The molecule has 3 aliphatic heterocycles. The first-order valence-corrected chi connectivity index (χ1v) is 24.8. The number of benzene rings is 1. The van der Waals surface area contributed by atoms with Gasteiger partial charge in [0.05, 0.1) is 22.7 Å². The van der Waals surface area contributed by atoms with Gasteiger partial charge in [-0.3, -0.25) is 28.9 Å². The first kappa shape index (κ1) is 60.8. The number of nitrogens with one attached hydrogen (secondary N) is 3. The number of aryl methyl sites for hydroxylation is 2. The number of aromatic amines is 1. The second-order valence-electron chi connectivity index (χ2n) is 25.9. The molecule has 0 aliphatic carbocycles. The highest BCUT2D eigenvalue weighted by molar-refractivity contribution is 6.05. The Morgan fingerprint density at radius 1 is 0.771 bits per heavy atom. The largest absolute Gasteiger partial charge is 0.502 e. The van der Waals surface area contributed by atoms with Crippen LogP contribution in [0.4, 0.5) is 0 Å². The van der Waals surface area contributed by atoms with E-state index >= 15 is 0 Å². The van der Waals surface area contributed by atoms with E-state index in [9.17, 15) is 29.1 Å². The molecule has 4 N–H and O–H groups in total. The number of carbonyl (C=O) groups excluding carboxylic acids is 4. The Balaban J connectivity index is 0.000000302. The van der Waals surface area contributed by atoms with E-state index in [0.717, 1.165) is 73.6 Å². The van der Waals surface area contributed by atoms with Gasteiger partial charge in [0.25, 0.3) is 5.56 Å². The summed E-state index contributed by atoms with van der Waals surface area (Å²) in [5.41, 5.74) is 2.56. The first-order valence-electron chi connectivity index (χ1n) is 24.8. The van der Waals surface area contributed by atoms with Gasteiger partial charge in [0, 0.05) is 54.1 Å². The molecule has 13 nitrogen and oxygen atoms in total. The number of aromatic hydroxyl groups is 1. The molecule has 70 heavy (non-hydrogen) atoms. The summed E-state index contributed by atoms with van der Waals surface area (Å²) >= 11 is 0. The maximum atomic E-state index is 12.1. The molecule has 390 valence electrons. The Labute approximate surface area is 420 Å². The minimum atomic E-state index is -0.481. The van der Waals surface area contributed by atoms with Crippen LogP contribution < -0.4 is 16.2 Å². The SMILES string of the molecule is C=C1CC(C)(CC(C)(C)C)C(=O)N1.C=C1CC(CC(C)(C)C)C(=O)N1.CC(C)(C)CCc1ncc(-c2ccccc2)o1.CCN1C(=O)CC(C)(CC(C)(C)C)C1=O.Cc1nc(C(C)(C)C)c(O)c(=O)[nH]1. The molecule has 5 heterocycles. The normalized spacial score (nSPS) is 20.6. The Kier molecular flexibility index (Phi) is 20.6. The van der Waals surface area contributed by atoms with Crippen molar-refractivity contribution in [3.63, 3.8) is 0 Å². The number of rotatable bonds is 7. The highest BCUT2D eigenvalue weighted by Crippen LogP contribution is 2.43. The summed E-state index contributed by atoms with van der Waals surface area (Å²) in [7, 11) is 0. The van der Waals surface area contributed by atoms with E-state index in [1.165, 1.54) is 4.90 Å². The molecular formula is C57H90N6O7. The molecule has 3 aliphatic rings. The van der Waals surface area contributed by atoms with Crippen molar-refractivity contribution in [1.29, 1.82) is 0 Å². The number of amides is 4.